The van der Waals surface area contributed by atoms with Gasteiger partial charge in [-0.3, -0.25) is 4.90 Å². The summed E-state index contributed by atoms with van der Waals surface area (Å²) in [5.41, 5.74) is 0. The Balaban J connectivity index is 4.20. The van der Waals surface area contributed by atoms with Gasteiger partial charge in [0.2, 0.25) is 0 Å². The highest BCUT2D eigenvalue weighted by Gasteiger charge is 2.18. The third kappa shape index (κ3) is 6.49. The molecule has 0 rings (SSSR count). The van der Waals surface area contributed by atoms with Crippen molar-refractivity contribution in [3.63, 3.8) is 0 Å². The van der Waals surface area contributed by atoms with Crippen molar-refractivity contribution in [3.05, 3.63) is 0 Å². The minimum atomic E-state index is 0.667. The van der Waals surface area contributed by atoms with Crippen LogP contribution in [0.4, 0.5) is 0 Å². The van der Waals surface area contributed by atoms with E-state index in [1.54, 1.807) is 0 Å². The summed E-state index contributed by atoms with van der Waals surface area (Å²) in [5, 5.41) is 3.57. The first kappa shape index (κ1) is 15.9. The summed E-state index contributed by atoms with van der Waals surface area (Å²) in [7, 11) is 0. The largest absolute Gasteiger partial charge is 0.315 e. The van der Waals surface area contributed by atoms with Crippen molar-refractivity contribution < 1.29 is 0 Å². The second-order valence-electron chi connectivity index (χ2n) is 4.98. The average molecular weight is 228 g/mol. The molecule has 0 saturated carbocycles. The molecule has 0 fully saturated rings. The molecule has 0 saturated heterocycles. The first-order valence-electron chi connectivity index (χ1n) is 7.13. The van der Waals surface area contributed by atoms with Crippen LogP contribution < -0.4 is 5.32 Å². The van der Waals surface area contributed by atoms with Crippen LogP contribution in [0, 0.1) is 0 Å². The summed E-state index contributed by atoms with van der Waals surface area (Å²) in [5.74, 6) is 0. The zero-order chi connectivity index (χ0) is 12.4. The van der Waals surface area contributed by atoms with E-state index in [-0.39, 0.29) is 0 Å². The molecular formula is C14H32N2. The Bertz CT molecular complexity index is 146. The maximum absolute atomic E-state index is 3.57. The van der Waals surface area contributed by atoms with Crippen molar-refractivity contribution in [1.29, 1.82) is 0 Å². The van der Waals surface area contributed by atoms with Crippen LogP contribution >= 0.6 is 0 Å². The predicted octanol–water partition coefficient (Wildman–Crippen LogP) is 3.28. The maximum atomic E-state index is 3.57. The van der Waals surface area contributed by atoms with E-state index in [9.17, 15) is 0 Å². The second kappa shape index (κ2) is 10.1. The molecular weight excluding hydrogens is 196 g/mol. The average Bonchev–Trinajstić information content (AvgIpc) is 2.25. The fraction of sp³-hybridized carbons (Fsp3) is 1.00. The second-order valence-corrected chi connectivity index (χ2v) is 4.98. The van der Waals surface area contributed by atoms with Crippen LogP contribution in [0.15, 0.2) is 0 Å². The van der Waals surface area contributed by atoms with Crippen LogP contribution in [-0.4, -0.2) is 36.6 Å². The van der Waals surface area contributed by atoms with Crippen molar-refractivity contribution in [1.82, 2.24) is 10.2 Å². The highest BCUT2D eigenvalue weighted by molar-refractivity contribution is 4.76. The quantitative estimate of drug-likeness (QED) is 0.577. The van der Waals surface area contributed by atoms with Gasteiger partial charge in [-0.05, 0) is 46.2 Å². The summed E-state index contributed by atoms with van der Waals surface area (Å²) in [4.78, 5) is 2.66. The van der Waals surface area contributed by atoms with Gasteiger partial charge in [0.1, 0.15) is 0 Å². The molecule has 2 nitrogen and oxygen atoms in total. The van der Waals surface area contributed by atoms with Crippen LogP contribution in [0.1, 0.15) is 60.3 Å². The number of nitrogens with zero attached hydrogens (tertiary/aromatic N) is 1. The lowest BCUT2D eigenvalue weighted by molar-refractivity contribution is 0.141. The summed E-state index contributed by atoms with van der Waals surface area (Å²) >= 11 is 0. The molecule has 0 aliphatic carbocycles. The number of nitrogens with one attached hydrogen (secondary N) is 1. The Kier molecular flexibility index (Phi) is 10.0. The summed E-state index contributed by atoms with van der Waals surface area (Å²) in [6.07, 6.45) is 5.08. The van der Waals surface area contributed by atoms with Crippen molar-refractivity contribution in [2.24, 2.45) is 0 Å². The van der Waals surface area contributed by atoms with Gasteiger partial charge < -0.3 is 5.32 Å². The van der Waals surface area contributed by atoms with E-state index < -0.39 is 0 Å². The van der Waals surface area contributed by atoms with Gasteiger partial charge in [-0.25, -0.2) is 0 Å². The molecule has 0 aromatic rings. The number of rotatable bonds is 10. The molecule has 2 heteroatoms. The van der Waals surface area contributed by atoms with Crippen molar-refractivity contribution in [3.8, 4) is 0 Å². The normalized spacial score (nSPS) is 13.7. The first-order chi connectivity index (χ1) is 7.67. The molecule has 0 aromatic carbocycles. The van der Waals surface area contributed by atoms with Gasteiger partial charge in [-0.2, -0.15) is 0 Å². The minimum Gasteiger partial charge on any atom is -0.315 e. The highest BCUT2D eigenvalue weighted by atomic mass is 15.2. The molecule has 98 valence electrons. The molecule has 1 atom stereocenters. The van der Waals surface area contributed by atoms with Gasteiger partial charge in [0.25, 0.3) is 0 Å². The molecule has 0 aliphatic heterocycles. The van der Waals surface area contributed by atoms with E-state index in [4.69, 9.17) is 0 Å². The molecule has 1 unspecified atom stereocenters. The number of hydrogen-bond donors (Lipinski definition) is 1. The smallest absolute Gasteiger partial charge is 0.0223 e. The molecule has 0 aromatic heterocycles. The SMILES string of the molecule is CCCNCC(CCC)N(CCC)C(C)C. The monoisotopic (exact) mass is 228 g/mol. The fourth-order valence-corrected chi connectivity index (χ4v) is 2.28. The van der Waals surface area contributed by atoms with Gasteiger partial charge in [-0.15, -0.1) is 0 Å². The lowest BCUT2D eigenvalue weighted by Crippen LogP contribution is -2.46. The van der Waals surface area contributed by atoms with E-state index in [2.05, 4.69) is 44.8 Å². The Hall–Kier alpha value is -0.0800. The molecule has 0 bridgehead atoms. The van der Waals surface area contributed by atoms with E-state index in [0.717, 1.165) is 19.1 Å². The van der Waals surface area contributed by atoms with Crippen LogP contribution in [0.2, 0.25) is 0 Å². The Morgan fingerprint density at radius 1 is 1.00 bits per heavy atom. The molecule has 0 spiro atoms. The Morgan fingerprint density at radius 2 is 1.69 bits per heavy atom. The van der Waals surface area contributed by atoms with Crippen LogP contribution in [0.25, 0.3) is 0 Å². The van der Waals surface area contributed by atoms with Gasteiger partial charge in [-0.1, -0.05) is 27.2 Å². The van der Waals surface area contributed by atoms with E-state index in [1.807, 2.05) is 0 Å². The zero-order valence-corrected chi connectivity index (χ0v) is 12.1. The van der Waals surface area contributed by atoms with E-state index >= 15 is 0 Å². The third-order valence-electron chi connectivity index (χ3n) is 3.04. The number of hydrogen-bond acceptors (Lipinski definition) is 2. The van der Waals surface area contributed by atoms with E-state index in [0.29, 0.717) is 6.04 Å². The Morgan fingerprint density at radius 3 is 2.12 bits per heavy atom. The molecule has 0 radical (unpaired) electrons. The summed E-state index contributed by atoms with van der Waals surface area (Å²) < 4.78 is 0. The zero-order valence-electron chi connectivity index (χ0n) is 12.1. The fourth-order valence-electron chi connectivity index (χ4n) is 2.28. The van der Waals surface area contributed by atoms with Gasteiger partial charge in [0.05, 0.1) is 0 Å². The van der Waals surface area contributed by atoms with Gasteiger partial charge in [0.15, 0.2) is 0 Å². The standard InChI is InChI=1S/C14H32N2/c1-6-9-14(12-15-10-7-2)16(11-8-3)13(4)5/h13-15H,6-12H2,1-5H3. The van der Waals surface area contributed by atoms with E-state index in [1.165, 1.54) is 32.2 Å². The lowest BCUT2D eigenvalue weighted by atomic mass is 10.1. The van der Waals surface area contributed by atoms with Gasteiger partial charge in [0, 0.05) is 18.6 Å². The molecule has 0 heterocycles. The predicted molar refractivity (Wildman–Crippen MR) is 74.0 cm³/mol. The maximum Gasteiger partial charge on any atom is 0.0223 e. The van der Waals surface area contributed by atoms with Crippen LogP contribution in [0.5, 0.6) is 0 Å². The van der Waals surface area contributed by atoms with Crippen molar-refractivity contribution >= 4 is 0 Å². The molecule has 0 amide bonds. The topological polar surface area (TPSA) is 15.3 Å². The Labute approximate surface area is 103 Å². The summed E-state index contributed by atoms with van der Waals surface area (Å²) in [6, 6.07) is 1.39. The van der Waals surface area contributed by atoms with Crippen LogP contribution in [0.3, 0.4) is 0 Å². The first-order valence-corrected chi connectivity index (χ1v) is 7.13. The van der Waals surface area contributed by atoms with Crippen molar-refractivity contribution in [2.45, 2.75) is 72.4 Å². The minimum absolute atomic E-state index is 0.667. The van der Waals surface area contributed by atoms with Gasteiger partial charge >= 0.3 is 0 Å². The van der Waals surface area contributed by atoms with Crippen molar-refractivity contribution in [2.75, 3.05) is 19.6 Å². The van der Waals surface area contributed by atoms with Crippen LogP contribution in [-0.2, 0) is 0 Å². The molecule has 0 aliphatic rings. The third-order valence-corrected chi connectivity index (χ3v) is 3.04. The summed E-state index contributed by atoms with van der Waals surface area (Å²) in [6.45, 7) is 15.0. The molecule has 1 N–H and O–H groups in total. The molecule has 16 heavy (non-hydrogen) atoms. The lowest BCUT2D eigenvalue weighted by Gasteiger charge is -2.35. The highest BCUT2D eigenvalue weighted by Crippen LogP contribution is 2.11.